The zero-order valence-electron chi connectivity index (χ0n) is 2.78. The minimum absolute atomic E-state index is 1.02. The second-order valence-corrected chi connectivity index (χ2v) is 1.07. The molecule has 0 aliphatic carbocycles. The zero-order chi connectivity index (χ0) is 3.41. The van der Waals surface area contributed by atoms with E-state index in [0.717, 1.165) is 10.4 Å². The zero-order valence-corrected chi connectivity index (χ0v) is 4.78. The first-order valence-electron chi connectivity index (χ1n) is 1.20. The van der Waals surface area contributed by atoms with E-state index in [4.69, 9.17) is 0 Å². The lowest BCUT2D eigenvalue weighted by Crippen LogP contribution is -1.91. The summed E-state index contributed by atoms with van der Waals surface area (Å²) < 4.78 is 0. The summed E-state index contributed by atoms with van der Waals surface area (Å²) in [6.45, 7) is 3.40. The van der Waals surface area contributed by atoms with Gasteiger partial charge in [0.2, 0.25) is 0 Å². The topological polar surface area (TPSA) is 12.0 Å². The van der Waals surface area contributed by atoms with Crippen molar-refractivity contribution in [1.82, 2.24) is 4.98 Å². The molecule has 0 atom stereocenters. The van der Waals surface area contributed by atoms with Crippen LogP contribution in [0, 0.1) is 0 Å². The molecular weight excluding hydrogens is 66.1 g/mol. The van der Waals surface area contributed by atoms with Gasteiger partial charge >= 0.3 is 0 Å². The molecule has 0 radical (unpaired) electrons. The summed E-state index contributed by atoms with van der Waals surface area (Å²) in [4.78, 5) is 2.83. The van der Waals surface area contributed by atoms with Crippen LogP contribution in [0.4, 0.5) is 0 Å². The van der Waals surface area contributed by atoms with E-state index in [1.807, 2.05) is 0 Å². The van der Waals surface area contributed by atoms with Gasteiger partial charge in [0, 0.05) is 0 Å². The number of hydrogen-bond acceptors (Lipinski definition) is 1. The number of nitrogens with one attached hydrogen (secondary N) is 1. The molecule has 0 aromatic heterocycles. The van der Waals surface area contributed by atoms with Gasteiger partial charge in [-0.25, -0.2) is 0 Å². The van der Waals surface area contributed by atoms with Crippen molar-refractivity contribution in [2.24, 2.45) is 0 Å². The molecule has 0 aliphatic rings. The van der Waals surface area contributed by atoms with Crippen LogP contribution in [0.3, 0.4) is 0 Å². The van der Waals surface area contributed by atoms with Gasteiger partial charge in [-0.3, -0.25) is 0 Å². The minimum Gasteiger partial charge on any atom is -0.425 e. The van der Waals surface area contributed by atoms with Crippen molar-refractivity contribution in [3.8, 4) is 0 Å². The molecule has 0 rings (SSSR count). The molecule has 0 saturated carbocycles. The molecule has 4 heavy (non-hydrogen) atoms. The van der Waals surface area contributed by atoms with Gasteiger partial charge in [-0.2, -0.15) is 0 Å². The van der Waals surface area contributed by atoms with E-state index in [-0.39, 0.29) is 0 Å². The number of hydrogen-bond donors (Lipinski definition) is 1. The fourth-order valence-corrected chi connectivity index (χ4v) is 0. The Bertz CT molecular complexity index is 20.0. The average molecular weight is 73.2 g/mol. The summed E-state index contributed by atoms with van der Waals surface area (Å²) in [5, 5.41) is 0. The Hall–Kier alpha value is -0.243. The van der Waals surface area contributed by atoms with Crippen molar-refractivity contribution in [3.05, 3.63) is 12.8 Å². The van der Waals surface area contributed by atoms with Crippen molar-refractivity contribution in [1.29, 1.82) is 0 Å². The van der Waals surface area contributed by atoms with Gasteiger partial charge in [0.25, 0.3) is 0 Å². The minimum atomic E-state index is 1.02. The average Bonchev–Trinajstić information content (AvgIpc) is 1.37. The number of rotatable bonds is 1. The first kappa shape index (κ1) is 3.76. The molecule has 1 nitrogen and oxygen atoms in total. The molecule has 0 fully saturated rings. The molecule has 24 valence electrons. The Morgan fingerprint density at radius 1 is 2.00 bits per heavy atom. The van der Waals surface area contributed by atoms with E-state index in [9.17, 15) is 0 Å². The Labute approximate surface area is 29.2 Å². The summed E-state index contributed by atoms with van der Waals surface area (Å²) in [7, 11) is 1.02. The van der Waals surface area contributed by atoms with E-state index in [2.05, 4.69) is 11.6 Å². The lowest BCUT2D eigenvalue weighted by atomic mass is 11.1. The third kappa shape index (κ3) is 1.76. The Morgan fingerprint density at radius 2 is 2.25 bits per heavy atom. The molecule has 0 spiro atoms. The van der Waals surface area contributed by atoms with Crippen LogP contribution in [0.25, 0.3) is 0 Å². The highest BCUT2D eigenvalue weighted by Gasteiger charge is 1.35. The van der Waals surface area contributed by atoms with Crippen LogP contribution in [0.15, 0.2) is 12.8 Å². The van der Waals surface area contributed by atoms with Crippen LogP contribution in [-0.4, -0.2) is 10.4 Å². The van der Waals surface area contributed by atoms with Gasteiger partial charge in [-0.1, -0.05) is 6.58 Å². The maximum Gasteiger partial charge on any atom is 0.103 e. The van der Waals surface area contributed by atoms with Crippen molar-refractivity contribution < 1.29 is 0 Å². The van der Waals surface area contributed by atoms with Crippen molar-refractivity contribution in [3.63, 3.8) is 0 Å². The lowest BCUT2D eigenvalue weighted by Gasteiger charge is -1.70. The monoisotopic (exact) mass is 73.0 g/mol. The molecule has 0 aliphatic heterocycles. The van der Waals surface area contributed by atoms with Crippen molar-refractivity contribution in [2.45, 2.75) is 0 Å². The highest BCUT2D eigenvalue weighted by atomic mass is 28.2. The smallest absolute Gasteiger partial charge is 0.103 e. The SMILES string of the molecule is C=CN[SiH3]. The van der Waals surface area contributed by atoms with Crippen LogP contribution in [0.2, 0.25) is 0 Å². The van der Waals surface area contributed by atoms with Crippen LogP contribution >= 0.6 is 0 Å². The standard InChI is InChI=1S/C2H7NSi/c1-2-3-4/h2-3H,1H2,4H3. The van der Waals surface area contributed by atoms with E-state index < -0.39 is 0 Å². The van der Waals surface area contributed by atoms with Crippen molar-refractivity contribution >= 4 is 10.4 Å². The van der Waals surface area contributed by atoms with Crippen LogP contribution < -0.4 is 4.98 Å². The first-order valence-corrected chi connectivity index (χ1v) is 2.20. The second kappa shape index (κ2) is 2.76. The molecule has 0 bridgehead atoms. The van der Waals surface area contributed by atoms with Crippen LogP contribution in [0.1, 0.15) is 0 Å². The summed E-state index contributed by atoms with van der Waals surface area (Å²) >= 11 is 0. The predicted molar refractivity (Wildman–Crippen MR) is 23.3 cm³/mol. The largest absolute Gasteiger partial charge is 0.425 e. The van der Waals surface area contributed by atoms with E-state index in [0.29, 0.717) is 0 Å². The molecule has 0 aromatic carbocycles. The molecule has 1 N–H and O–H groups in total. The van der Waals surface area contributed by atoms with Crippen molar-refractivity contribution in [2.75, 3.05) is 0 Å². The lowest BCUT2D eigenvalue weighted by molar-refractivity contribution is 1.41. The molecule has 2 heteroatoms. The molecule has 0 heterocycles. The molecule has 0 aromatic rings. The third-order valence-electron chi connectivity index (χ3n) is 0.204. The summed E-state index contributed by atoms with van der Waals surface area (Å²) in [6.07, 6.45) is 1.69. The maximum absolute atomic E-state index is 3.40. The van der Waals surface area contributed by atoms with Crippen LogP contribution in [-0.2, 0) is 0 Å². The second-order valence-electron chi connectivity index (χ2n) is 0.493. The van der Waals surface area contributed by atoms with Gasteiger partial charge in [-0.05, 0) is 6.20 Å². The molecule has 0 saturated heterocycles. The molecular formula is C2H7NSi. The quantitative estimate of drug-likeness (QED) is 0.393. The van der Waals surface area contributed by atoms with Gasteiger partial charge < -0.3 is 4.98 Å². The highest BCUT2D eigenvalue weighted by Crippen LogP contribution is 1.30. The van der Waals surface area contributed by atoms with E-state index >= 15 is 0 Å². The molecule has 0 amide bonds. The van der Waals surface area contributed by atoms with E-state index in [1.54, 1.807) is 6.20 Å². The fourth-order valence-electron chi connectivity index (χ4n) is 0. The summed E-state index contributed by atoms with van der Waals surface area (Å²) in [5.74, 6) is 0. The van der Waals surface area contributed by atoms with E-state index in [1.165, 1.54) is 0 Å². The Morgan fingerprint density at radius 3 is 2.25 bits per heavy atom. The van der Waals surface area contributed by atoms with Gasteiger partial charge in [0.05, 0.1) is 0 Å². The van der Waals surface area contributed by atoms with Crippen LogP contribution in [0.5, 0.6) is 0 Å². The fraction of sp³-hybridized carbons (Fsp3) is 0. The first-order chi connectivity index (χ1) is 1.91. The molecule has 0 unspecified atom stereocenters. The Balaban J connectivity index is 2.30. The maximum atomic E-state index is 3.40. The normalized spacial score (nSPS) is 6.00. The van der Waals surface area contributed by atoms with Gasteiger partial charge in [0.1, 0.15) is 10.4 Å². The van der Waals surface area contributed by atoms with Gasteiger partial charge in [-0.15, -0.1) is 0 Å². The highest BCUT2D eigenvalue weighted by molar-refractivity contribution is 6.04. The third-order valence-corrected chi connectivity index (χ3v) is 0.612. The van der Waals surface area contributed by atoms with Gasteiger partial charge in [0.15, 0.2) is 0 Å². The predicted octanol–water partition coefficient (Wildman–Crippen LogP) is -1.00. The summed E-state index contributed by atoms with van der Waals surface area (Å²) in [6, 6.07) is 0. The Kier molecular flexibility index (Phi) is 2.59. The summed E-state index contributed by atoms with van der Waals surface area (Å²) in [5.41, 5.74) is 0.